The van der Waals surface area contributed by atoms with Crippen LogP contribution in [0.2, 0.25) is 0 Å². The number of nitrogens with zero attached hydrogens (tertiary/aromatic N) is 4. The van der Waals surface area contributed by atoms with Crippen molar-refractivity contribution in [1.29, 1.82) is 0 Å². The summed E-state index contributed by atoms with van der Waals surface area (Å²) in [7, 11) is 2.20. The summed E-state index contributed by atoms with van der Waals surface area (Å²) in [6.45, 7) is 4.00. The highest BCUT2D eigenvalue weighted by molar-refractivity contribution is 5.66. The number of ether oxygens (including phenoxy) is 1. The summed E-state index contributed by atoms with van der Waals surface area (Å²) in [6, 6.07) is 12.8. The summed E-state index contributed by atoms with van der Waals surface area (Å²) in [5, 5.41) is 4.65. The van der Waals surface area contributed by atoms with Crippen LogP contribution in [-0.4, -0.2) is 45.7 Å². The van der Waals surface area contributed by atoms with Crippen molar-refractivity contribution >= 4 is 5.65 Å². The van der Waals surface area contributed by atoms with Gasteiger partial charge in [0.15, 0.2) is 5.65 Å². The highest BCUT2D eigenvalue weighted by Gasteiger charge is 2.20. The zero-order valence-corrected chi connectivity index (χ0v) is 14.9. The Bertz CT molecular complexity index is 873. The van der Waals surface area contributed by atoms with E-state index in [1.807, 2.05) is 35.0 Å². The largest absolute Gasteiger partial charge is 0.477 e. The minimum absolute atomic E-state index is 0.638. The molecule has 1 unspecified atom stereocenters. The predicted molar refractivity (Wildman–Crippen MR) is 98.9 cm³/mol. The number of imidazole rings is 1. The molecule has 0 spiro atoms. The molecule has 25 heavy (non-hydrogen) atoms. The van der Waals surface area contributed by atoms with Crippen LogP contribution in [-0.2, 0) is 0 Å². The summed E-state index contributed by atoms with van der Waals surface area (Å²) in [6.07, 6.45) is 5.48. The van der Waals surface area contributed by atoms with E-state index in [4.69, 9.17) is 4.74 Å². The van der Waals surface area contributed by atoms with Crippen LogP contribution in [0.1, 0.15) is 24.8 Å². The number of aromatic nitrogens is 3. The first-order valence-corrected chi connectivity index (χ1v) is 8.96. The fourth-order valence-corrected chi connectivity index (χ4v) is 3.62. The number of hydrogen-bond donors (Lipinski definition) is 0. The standard InChI is InChI=1S/C20H24N4O/c1-15-6-3-4-8-17(15)18-14-21-19-9-10-20(22-24(18)19)25-13-11-16-7-5-12-23(16)2/h3-4,6,8-10,14,16H,5,7,11-13H2,1-2H3. The SMILES string of the molecule is Cc1ccccc1-c1cnc2ccc(OCCC3CCCN3C)nn12. The van der Waals surface area contributed by atoms with E-state index < -0.39 is 0 Å². The summed E-state index contributed by atoms with van der Waals surface area (Å²) in [4.78, 5) is 6.89. The van der Waals surface area contributed by atoms with E-state index >= 15 is 0 Å². The zero-order chi connectivity index (χ0) is 17.2. The van der Waals surface area contributed by atoms with Crippen LogP contribution in [0.5, 0.6) is 5.88 Å². The van der Waals surface area contributed by atoms with Gasteiger partial charge in [-0.3, -0.25) is 0 Å². The van der Waals surface area contributed by atoms with Crippen LogP contribution < -0.4 is 4.74 Å². The first-order chi connectivity index (χ1) is 12.2. The van der Waals surface area contributed by atoms with Gasteiger partial charge >= 0.3 is 0 Å². The molecule has 1 atom stereocenters. The quantitative estimate of drug-likeness (QED) is 0.714. The topological polar surface area (TPSA) is 42.7 Å². The Morgan fingerprint density at radius 3 is 2.88 bits per heavy atom. The van der Waals surface area contributed by atoms with Gasteiger partial charge in [-0.25, -0.2) is 9.50 Å². The molecule has 0 aliphatic carbocycles. The molecule has 0 bridgehead atoms. The Hall–Kier alpha value is -2.40. The summed E-state index contributed by atoms with van der Waals surface area (Å²) >= 11 is 0. The lowest BCUT2D eigenvalue weighted by Crippen LogP contribution is -2.26. The Morgan fingerprint density at radius 1 is 1.20 bits per heavy atom. The molecule has 5 nitrogen and oxygen atoms in total. The van der Waals surface area contributed by atoms with Gasteiger partial charge in [0.05, 0.1) is 18.5 Å². The molecular weight excluding hydrogens is 312 g/mol. The lowest BCUT2D eigenvalue weighted by molar-refractivity contribution is 0.227. The zero-order valence-electron chi connectivity index (χ0n) is 14.9. The number of hydrogen-bond acceptors (Lipinski definition) is 4. The second-order valence-corrected chi connectivity index (χ2v) is 6.81. The minimum Gasteiger partial charge on any atom is -0.477 e. The van der Waals surface area contributed by atoms with E-state index in [2.05, 4.69) is 41.1 Å². The lowest BCUT2D eigenvalue weighted by atomic mass is 10.1. The van der Waals surface area contributed by atoms with Crippen LogP contribution in [0.4, 0.5) is 0 Å². The summed E-state index contributed by atoms with van der Waals surface area (Å²) in [5.41, 5.74) is 4.18. The van der Waals surface area contributed by atoms with Gasteiger partial charge in [-0.1, -0.05) is 24.3 Å². The van der Waals surface area contributed by atoms with Gasteiger partial charge in [-0.15, -0.1) is 5.10 Å². The molecule has 0 N–H and O–H groups in total. The third-order valence-electron chi connectivity index (χ3n) is 5.13. The van der Waals surface area contributed by atoms with Gasteiger partial charge in [0.2, 0.25) is 5.88 Å². The average molecular weight is 336 g/mol. The molecule has 1 saturated heterocycles. The van der Waals surface area contributed by atoms with Gasteiger partial charge in [0, 0.05) is 17.7 Å². The molecule has 1 aliphatic rings. The molecule has 1 aliphatic heterocycles. The smallest absolute Gasteiger partial charge is 0.231 e. The first-order valence-electron chi connectivity index (χ1n) is 8.96. The maximum atomic E-state index is 5.93. The number of rotatable bonds is 5. The van der Waals surface area contributed by atoms with Crippen LogP contribution >= 0.6 is 0 Å². The maximum absolute atomic E-state index is 5.93. The van der Waals surface area contributed by atoms with Crippen molar-refractivity contribution in [1.82, 2.24) is 19.5 Å². The molecule has 2 aromatic heterocycles. The molecule has 1 fully saturated rings. The Morgan fingerprint density at radius 2 is 2.08 bits per heavy atom. The van der Waals surface area contributed by atoms with E-state index in [9.17, 15) is 0 Å². The van der Waals surface area contributed by atoms with Crippen molar-refractivity contribution in [2.75, 3.05) is 20.2 Å². The lowest BCUT2D eigenvalue weighted by Gasteiger charge is -2.19. The van der Waals surface area contributed by atoms with Crippen molar-refractivity contribution in [3.63, 3.8) is 0 Å². The van der Waals surface area contributed by atoms with E-state index in [1.165, 1.54) is 24.9 Å². The second kappa shape index (κ2) is 6.84. The Labute approximate surface area is 148 Å². The van der Waals surface area contributed by atoms with Crippen LogP contribution in [0.3, 0.4) is 0 Å². The fraction of sp³-hybridized carbons (Fsp3) is 0.400. The van der Waals surface area contributed by atoms with Crippen molar-refractivity contribution in [2.24, 2.45) is 0 Å². The van der Waals surface area contributed by atoms with E-state index in [-0.39, 0.29) is 0 Å². The minimum atomic E-state index is 0.638. The van der Waals surface area contributed by atoms with E-state index in [1.54, 1.807) is 0 Å². The molecular formula is C20H24N4O. The molecule has 0 amide bonds. The van der Waals surface area contributed by atoms with Gasteiger partial charge in [0.25, 0.3) is 0 Å². The summed E-state index contributed by atoms with van der Waals surface area (Å²) in [5.74, 6) is 0.654. The van der Waals surface area contributed by atoms with Crippen molar-refractivity contribution < 1.29 is 4.74 Å². The van der Waals surface area contributed by atoms with E-state index in [0.29, 0.717) is 18.5 Å². The van der Waals surface area contributed by atoms with Gasteiger partial charge in [0.1, 0.15) is 0 Å². The normalized spacial score (nSPS) is 18.1. The number of likely N-dealkylation sites (tertiary alicyclic amines) is 1. The molecule has 5 heteroatoms. The molecule has 0 radical (unpaired) electrons. The molecule has 1 aromatic carbocycles. The predicted octanol–water partition coefficient (Wildman–Crippen LogP) is 3.57. The van der Waals surface area contributed by atoms with Crippen LogP contribution in [0.25, 0.3) is 16.9 Å². The van der Waals surface area contributed by atoms with Crippen molar-refractivity contribution in [3.05, 3.63) is 48.2 Å². The van der Waals surface area contributed by atoms with Crippen LogP contribution in [0, 0.1) is 6.92 Å². The highest BCUT2D eigenvalue weighted by atomic mass is 16.5. The monoisotopic (exact) mass is 336 g/mol. The third kappa shape index (κ3) is 3.24. The van der Waals surface area contributed by atoms with Gasteiger partial charge in [-0.05, 0) is 51.4 Å². The third-order valence-corrected chi connectivity index (χ3v) is 5.13. The summed E-state index contributed by atoms with van der Waals surface area (Å²) < 4.78 is 7.80. The van der Waals surface area contributed by atoms with E-state index in [0.717, 1.165) is 23.3 Å². The van der Waals surface area contributed by atoms with Crippen LogP contribution in [0.15, 0.2) is 42.6 Å². The molecule has 4 rings (SSSR count). The average Bonchev–Trinajstić information content (AvgIpc) is 3.22. The Balaban J connectivity index is 1.53. The van der Waals surface area contributed by atoms with Crippen molar-refractivity contribution in [3.8, 4) is 17.1 Å². The Kier molecular flexibility index (Phi) is 4.40. The first kappa shape index (κ1) is 16.1. The fourth-order valence-electron chi connectivity index (χ4n) is 3.62. The molecule has 3 heterocycles. The number of benzene rings is 1. The second-order valence-electron chi connectivity index (χ2n) is 6.81. The maximum Gasteiger partial charge on any atom is 0.231 e. The molecule has 0 saturated carbocycles. The number of aryl methyl sites for hydroxylation is 1. The molecule has 3 aromatic rings. The van der Waals surface area contributed by atoms with Gasteiger partial charge < -0.3 is 9.64 Å². The number of fused-ring (bicyclic) bond motifs is 1. The highest BCUT2D eigenvalue weighted by Crippen LogP contribution is 2.24. The molecule has 130 valence electrons. The van der Waals surface area contributed by atoms with Gasteiger partial charge in [-0.2, -0.15) is 0 Å². The van der Waals surface area contributed by atoms with Crippen molar-refractivity contribution in [2.45, 2.75) is 32.2 Å².